The van der Waals surface area contributed by atoms with E-state index in [1.54, 1.807) is 18.2 Å². The van der Waals surface area contributed by atoms with Crippen LogP contribution in [0.1, 0.15) is 9.67 Å². The van der Waals surface area contributed by atoms with Crippen LogP contribution in [-0.2, 0) is 4.79 Å². The molecule has 2 amide bonds. The van der Waals surface area contributed by atoms with Crippen LogP contribution >= 0.6 is 50.5 Å². The maximum atomic E-state index is 12.2. The van der Waals surface area contributed by atoms with Gasteiger partial charge in [-0.3, -0.25) is 20.4 Å². The topological polar surface area (TPSA) is 67.4 Å². The summed E-state index contributed by atoms with van der Waals surface area (Å²) < 4.78 is 7.01. The number of carbonyl (C=O) groups excluding carboxylic acids is 2. The van der Waals surface area contributed by atoms with Crippen LogP contribution in [0.5, 0.6) is 5.75 Å². The molecule has 0 aliphatic carbocycles. The lowest BCUT2D eigenvalue weighted by atomic mass is 10.2. The van der Waals surface area contributed by atoms with Crippen molar-refractivity contribution in [2.75, 3.05) is 6.61 Å². The van der Waals surface area contributed by atoms with Crippen molar-refractivity contribution in [1.82, 2.24) is 10.9 Å². The molecule has 0 saturated carbocycles. The summed E-state index contributed by atoms with van der Waals surface area (Å²) in [6.45, 7) is -0.304. The number of fused-ring (bicyclic) bond motifs is 1. The Hall–Kier alpha value is -1.80. The van der Waals surface area contributed by atoms with Crippen LogP contribution in [0.15, 0.2) is 46.9 Å². The standard InChI is InChI=1S/C17H11BrCl2N2O3S/c18-9-5-6-12(11(19)7-9)25-8-14(23)21-22-17(24)16-15(20)10-3-1-2-4-13(10)26-16/h1-7H,8H2,(H,21,23)(H,22,24). The molecule has 0 fully saturated rings. The summed E-state index contributed by atoms with van der Waals surface area (Å²) in [4.78, 5) is 24.4. The van der Waals surface area contributed by atoms with E-state index in [9.17, 15) is 9.59 Å². The van der Waals surface area contributed by atoms with E-state index in [2.05, 4.69) is 26.8 Å². The molecule has 2 aromatic carbocycles. The molecule has 3 rings (SSSR count). The quantitative estimate of drug-likeness (QED) is 0.534. The number of ether oxygens (including phenoxy) is 1. The van der Waals surface area contributed by atoms with E-state index in [4.69, 9.17) is 27.9 Å². The summed E-state index contributed by atoms with van der Waals surface area (Å²) in [7, 11) is 0. The Balaban J connectivity index is 1.56. The molecule has 5 nitrogen and oxygen atoms in total. The van der Waals surface area contributed by atoms with Crippen LogP contribution < -0.4 is 15.6 Å². The fourth-order valence-corrected chi connectivity index (χ4v) is 4.26. The molecule has 0 unspecified atom stereocenters. The van der Waals surface area contributed by atoms with Gasteiger partial charge in [0, 0.05) is 14.6 Å². The van der Waals surface area contributed by atoms with E-state index in [1.807, 2.05) is 24.3 Å². The first kappa shape index (κ1) is 19.0. The molecule has 2 N–H and O–H groups in total. The van der Waals surface area contributed by atoms with Gasteiger partial charge in [-0.05, 0) is 24.3 Å². The van der Waals surface area contributed by atoms with Crippen molar-refractivity contribution >= 4 is 72.4 Å². The van der Waals surface area contributed by atoms with Crippen LogP contribution in [0.25, 0.3) is 10.1 Å². The highest BCUT2D eigenvalue weighted by molar-refractivity contribution is 9.10. The molecule has 9 heteroatoms. The first-order chi connectivity index (χ1) is 12.5. The SMILES string of the molecule is O=C(COc1ccc(Br)cc1Cl)NNC(=O)c1sc2ccccc2c1Cl. The molecule has 0 atom stereocenters. The Morgan fingerprint density at radius 3 is 2.62 bits per heavy atom. The summed E-state index contributed by atoms with van der Waals surface area (Å²) in [5, 5.41) is 1.52. The number of nitrogens with one attached hydrogen (secondary N) is 2. The Morgan fingerprint density at radius 1 is 1.12 bits per heavy atom. The summed E-state index contributed by atoms with van der Waals surface area (Å²) in [5.74, 6) is -0.662. The molecule has 26 heavy (non-hydrogen) atoms. The van der Waals surface area contributed by atoms with Crippen molar-refractivity contribution in [3.8, 4) is 5.75 Å². The van der Waals surface area contributed by atoms with Crippen LogP contribution in [0.4, 0.5) is 0 Å². The van der Waals surface area contributed by atoms with Gasteiger partial charge in [0.2, 0.25) is 0 Å². The van der Waals surface area contributed by atoms with Crippen LogP contribution in [0, 0.1) is 0 Å². The lowest BCUT2D eigenvalue weighted by Crippen LogP contribution is -2.43. The number of halogens is 3. The number of hydrogen-bond acceptors (Lipinski definition) is 4. The third kappa shape index (κ3) is 4.29. The van der Waals surface area contributed by atoms with Gasteiger partial charge >= 0.3 is 0 Å². The van der Waals surface area contributed by atoms with E-state index in [1.165, 1.54) is 11.3 Å². The maximum absolute atomic E-state index is 12.2. The lowest BCUT2D eigenvalue weighted by molar-refractivity contribution is -0.123. The average Bonchev–Trinajstić information content (AvgIpc) is 2.96. The lowest BCUT2D eigenvalue weighted by Gasteiger charge is -2.09. The largest absolute Gasteiger partial charge is 0.482 e. The molecular weight excluding hydrogens is 463 g/mol. The smallest absolute Gasteiger partial charge is 0.281 e. The van der Waals surface area contributed by atoms with Crippen molar-refractivity contribution < 1.29 is 14.3 Å². The first-order valence-corrected chi connectivity index (χ1v) is 9.66. The van der Waals surface area contributed by atoms with Gasteiger partial charge in [0.05, 0.1) is 10.0 Å². The zero-order chi connectivity index (χ0) is 18.7. The fraction of sp³-hybridized carbons (Fsp3) is 0.0588. The van der Waals surface area contributed by atoms with E-state index in [-0.39, 0.29) is 6.61 Å². The molecule has 0 aliphatic rings. The number of carbonyl (C=O) groups is 2. The number of benzene rings is 2. The minimum absolute atomic E-state index is 0.304. The molecule has 0 radical (unpaired) electrons. The highest BCUT2D eigenvalue weighted by Crippen LogP contribution is 2.34. The van der Waals surface area contributed by atoms with E-state index < -0.39 is 11.8 Å². The van der Waals surface area contributed by atoms with Crippen molar-refractivity contribution in [3.05, 3.63) is 61.9 Å². The minimum atomic E-state index is -0.533. The third-order valence-electron chi connectivity index (χ3n) is 3.31. The third-order valence-corrected chi connectivity index (χ3v) is 5.77. The van der Waals surface area contributed by atoms with E-state index in [0.29, 0.717) is 20.7 Å². The van der Waals surface area contributed by atoms with Gasteiger partial charge in [-0.25, -0.2) is 0 Å². The van der Waals surface area contributed by atoms with E-state index in [0.717, 1.165) is 14.6 Å². The minimum Gasteiger partial charge on any atom is -0.482 e. The summed E-state index contributed by atoms with van der Waals surface area (Å²) in [6.07, 6.45) is 0. The van der Waals surface area contributed by atoms with Crippen LogP contribution in [0.2, 0.25) is 10.0 Å². The van der Waals surface area contributed by atoms with Crippen LogP contribution in [0.3, 0.4) is 0 Å². The molecule has 0 bridgehead atoms. The summed E-state index contributed by atoms with van der Waals surface area (Å²) in [5.41, 5.74) is 4.61. The number of thiophene rings is 1. The van der Waals surface area contributed by atoms with Crippen molar-refractivity contribution in [2.45, 2.75) is 0 Å². The monoisotopic (exact) mass is 472 g/mol. The summed E-state index contributed by atoms with van der Waals surface area (Å²) >= 11 is 16.8. The predicted molar refractivity (Wildman–Crippen MR) is 107 cm³/mol. The van der Waals surface area contributed by atoms with Gasteiger partial charge < -0.3 is 4.74 Å². The Kier molecular flexibility index (Phi) is 6.03. The summed E-state index contributed by atoms with van der Waals surface area (Å²) in [6, 6.07) is 12.4. The zero-order valence-electron chi connectivity index (χ0n) is 13.0. The normalized spacial score (nSPS) is 10.6. The number of hydrazine groups is 1. The molecular formula is C17H11BrCl2N2O3S. The molecule has 0 saturated heterocycles. The second kappa shape index (κ2) is 8.26. The predicted octanol–water partition coefficient (Wildman–Crippen LogP) is 4.81. The molecule has 0 spiro atoms. The van der Waals surface area contributed by atoms with Crippen molar-refractivity contribution in [1.29, 1.82) is 0 Å². The fourth-order valence-electron chi connectivity index (χ4n) is 2.11. The number of hydrogen-bond donors (Lipinski definition) is 2. The molecule has 3 aromatic rings. The van der Waals surface area contributed by atoms with Gasteiger partial charge in [-0.1, -0.05) is 57.3 Å². The number of rotatable bonds is 4. The van der Waals surface area contributed by atoms with Gasteiger partial charge in [-0.15, -0.1) is 11.3 Å². The Morgan fingerprint density at radius 2 is 1.88 bits per heavy atom. The first-order valence-electron chi connectivity index (χ1n) is 7.30. The second-order valence-corrected chi connectivity index (χ2v) is 7.86. The second-order valence-electron chi connectivity index (χ2n) is 5.11. The maximum Gasteiger partial charge on any atom is 0.281 e. The van der Waals surface area contributed by atoms with Crippen molar-refractivity contribution in [2.24, 2.45) is 0 Å². The van der Waals surface area contributed by atoms with Gasteiger partial charge in [0.25, 0.3) is 11.8 Å². The molecule has 1 heterocycles. The van der Waals surface area contributed by atoms with Crippen LogP contribution in [-0.4, -0.2) is 18.4 Å². The zero-order valence-corrected chi connectivity index (χ0v) is 16.9. The highest BCUT2D eigenvalue weighted by Gasteiger charge is 2.17. The Labute approximate surface area is 171 Å². The Bertz CT molecular complexity index is 993. The van der Waals surface area contributed by atoms with Gasteiger partial charge in [0.1, 0.15) is 10.6 Å². The molecule has 1 aromatic heterocycles. The highest BCUT2D eigenvalue weighted by atomic mass is 79.9. The molecule has 134 valence electrons. The van der Waals surface area contributed by atoms with Gasteiger partial charge in [0.15, 0.2) is 6.61 Å². The van der Waals surface area contributed by atoms with Gasteiger partial charge in [-0.2, -0.15) is 0 Å². The molecule has 0 aliphatic heterocycles. The van der Waals surface area contributed by atoms with Crippen molar-refractivity contribution in [3.63, 3.8) is 0 Å². The average molecular weight is 474 g/mol. The van der Waals surface area contributed by atoms with E-state index >= 15 is 0 Å². The number of amides is 2.